The number of nitriles is 1. The largest absolute Gasteiger partial charge is 0.310 e. The molecule has 0 bridgehead atoms. The quantitative estimate of drug-likeness (QED) is 0.837. The van der Waals surface area contributed by atoms with Gasteiger partial charge in [0.2, 0.25) is 0 Å². The highest BCUT2D eigenvalue weighted by molar-refractivity contribution is 7.14. The maximum absolute atomic E-state index is 8.86. The van der Waals surface area contributed by atoms with Crippen LogP contribution in [0.1, 0.15) is 23.9 Å². The van der Waals surface area contributed by atoms with Crippen molar-refractivity contribution in [2.45, 2.75) is 19.9 Å². The molecule has 0 unspecified atom stereocenters. The van der Waals surface area contributed by atoms with Gasteiger partial charge < -0.3 is 5.32 Å². The monoisotopic (exact) mass is 258 g/mol. The van der Waals surface area contributed by atoms with Crippen molar-refractivity contribution in [3.8, 4) is 16.6 Å². The molecule has 2 rings (SSSR count). The fourth-order valence-corrected chi connectivity index (χ4v) is 2.34. The van der Waals surface area contributed by atoms with Crippen LogP contribution in [0.5, 0.6) is 0 Å². The minimum absolute atomic E-state index is 0.647. The van der Waals surface area contributed by atoms with Crippen LogP contribution in [0, 0.1) is 11.3 Å². The molecule has 1 aromatic heterocycles. The van der Waals surface area contributed by atoms with Crippen molar-refractivity contribution in [1.29, 1.82) is 5.26 Å². The first kappa shape index (κ1) is 12.7. The average Bonchev–Trinajstić information content (AvgIpc) is 2.88. The first-order chi connectivity index (χ1) is 8.83. The summed E-state index contributed by atoms with van der Waals surface area (Å²) in [4.78, 5) is 0. The molecule has 0 fully saturated rings. The van der Waals surface area contributed by atoms with Crippen LogP contribution >= 0.6 is 11.3 Å². The smallest absolute Gasteiger partial charge is 0.147 e. The Kier molecular flexibility index (Phi) is 4.40. The molecular formula is C13H14N4S. The highest BCUT2D eigenvalue weighted by Crippen LogP contribution is 2.23. The van der Waals surface area contributed by atoms with Crippen LogP contribution in [0.15, 0.2) is 24.3 Å². The molecule has 0 radical (unpaired) electrons. The van der Waals surface area contributed by atoms with Gasteiger partial charge in [-0.25, -0.2) is 0 Å². The van der Waals surface area contributed by atoms with Gasteiger partial charge in [-0.15, -0.1) is 10.2 Å². The molecule has 5 heteroatoms. The lowest BCUT2D eigenvalue weighted by atomic mass is 10.1. The molecule has 0 saturated carbocycles. The lowest BCUT2D eigenvalue weighted by Gasteiger charge is -1.97. The third-order valence-corrected chi connectivity index (χ3v) is 3.38. The number of nitrogens with zero attached hydrogens (tertiary/aromatic N) is 3. The predicted molar refractivity (Wildman–Crippen MR) is 72.1 cm³/mol. The van der Waals surface area contributed by atoms with E-state index in [2.05, 4.69) is 28.5 Å². The maximum atomic E-state index is 8.86. The number of aromatic nitrogens is 2. The van der Waals surface area contributed by atoms with Gasteiger partial charge in [-0.1, -0.05) is 30.4 Å². The van der Waals surface area contributed by atoms with Crippen LogP contribution in [0.3, 0.4) is 0 Å². The summed E-state index contributed by atoms with van der Waals surface area (Å²) in [6.45, 7) is 3.87. The van der Waals surface area contributed by atoms with Crippen LogP contribution in [0.25, 0.3) is 10.6 Å². The van der Waals surface area contributed by atoms with E-state index in [0.29, 0.717) is 5.56 Å². The van der Waals surface area contributed by atoms with Gasteiger partial charge in [0, 0.05) is 12.1 Å². The topological polar surface area (TPSA) is 61.6 Å². The Bertz CT molecular complexity index is 556. The summed E-state index contributed by atoms with van der Waals surface area (Å²) < 4.78 is 0. The molecule has 18 heavy (non-hydrogen) atoms. The molecule has 2 aromatic rings. The lowest BCUT2D eigenvalue weighted by molar-refractivity contribution is 0.668. The van der Waals surface area contributed by atoms with E-state index in [4.69, 9.17) is 5.26 Å². The van der Waals surface area contributed by atoms with E-state index in [0.717, 1.165) is 35.1 Å². The maximum Gasteiger partial charge on any atom is 0.147 e. The molecule has 0 atom stereocenters. The first-order valence-corrected chi connectivity index (χ1v) is 6.68. The summed E-state index contributed by atoms with van der Waals surface area (Å²) in [6.07, 6.45) is 1.11. The van der Waals surface area contributed by atoms with Gasteiger partial charge in [-0.3, -0.25) is 0 Å². The van der Waals surface area contributed by atoms with Crippen molar-refractivity contribution in [1.82, 2.24) is 15.5 Å². The molecule has 0 aliphatic heterocycles. The zero-order chi connectivity index (χ0) is 12.8. The minimum atomic E-state index is 0.647. The van der Waals surface area contributed by atoms with Gasteiger partial charge in [-0.2, -0.15) is 5.26 Å². The van der Waals surface area contributed by atoms with Gasteiger partial charge in [0.05, 0.1) is 11.6 Å². The zero-order valence-corrected chi connectivity index (χ0v) is 11.0. The summed E-state index contributed by atoms with van der Waals surface area (Å²) in [5.74, 6) is 0. The number of benzene rings is 1. The van der Waals surface area contributed by atoms with Gasteiger partial charge in [0.25, 0.3) is 0 Å². The Morgan fingerprint density at radius 1 is 1.39 bits per heavy atom. The second-order valence-electron chi connectivity index (χ2n) is 3.87. The Labute approximate surface area is 110 Å². The summed E-state index contributed by atoms with van der Waals surface area (Å²) >= 11 is 1.56. The summed E-state index contributed by atoms with van der Waals surface area (Å²) in [7, 11) is 0. The Balaban J connectivity index is 2.11. The highest BCUT2D eigenvalue weighted by Gasteiger charge is 2.06. The van der Waals surface area contributed by atoms with Crippen LogP contribution in [-0.2, 0) is 6.54 Å². The molecule has 0 aliphatic rings. The Hall–Kier alpha value is -1.77. The third kappa shape index (κ3) is 3.13. The van der Waals surface area contributed by atoms with E-state index in [1.807, 2.05) is 18.2 Å². The van der Waals surface area contributed by atoms with Crippen LogP contribution in [0.2, 0.25) is 0 Å². The molecule has 1 heterocycles. The van der Waals surface area contributed by atoms with Crippen molar-refractivity contribution in [2.24, 2.45) is 0 Å². The van der Waals surface area contributed by atoms with Gasteiger partial charge in [0.1, 0.15) is 10.0 Å². The van der Waals surface area contributed by atoms with Crippen LogP contribution < -0.4 is 5.32 Å². The van der Waals surface area contributed by atoms with E-state index in [1.54, 1.807) is 17.4 Å². The number of hydrogen-bond acceptors (Lipinski definition) is 5. The summed E-state index contributed by atoms with van der Waals surface area (Å²) in [6, 6.07) is 9.57. The molecule has 4 nitrogen and oxygen atoms in total. The average molecular weight is 258 g/mol. The Morgan fingerprint density at radius 2 is 2.28 bits per heavy atom. The van der Waals surface area contributed by atoms with Crippen molar-refractivity contribution in [3.05, 3.63) is 34.8 Å². The highest BCUT2D eigenvalue weighted by atomic mass is 32.1. The van der Waals surface area contributed by atoms with E-state index in [9.17, 15) is 0 Å². The predicted octanol–water partition coefficient (Wildman–Crippen LogP) is 2.58. The minimum Gasteiger partial charge on any atom is -0.310 e. The number of rotatable bonds is 5. The molecule has 1 aromatic carbocycles. The van der Waals surface area contributed by atoms with Crippen molar-refractivity contribution >= 4 is 11.3 Å². The first-order valence-electron chi connectivity index (χ1n) is 5.87. The van der Waals surface area contributed by atoms with Gasteiger partial charge >= 0.3 is 0 Å². The van der Waals surface area contributed by atoms with E-state index >= 15 is 0 Å². The van der Waals surface area contributed by atoms with Crippen LogP contribution in [0.4, 0.5) is 0 Å². The molecule has 0 spiro atoms. The van der Waals surface area contributed by atoms with Crippen LogP contribution in [-0.4, -0.2) is 16.7 Å². The van der Waals surface area contributed by atoms with E-state index < -0.39 is 0 Å². The second-order valence-corrected chi connectivity index (χ2v) is 4.93. The van der Waals surface area contributed by atoms with Crippen molar-refractivity contribution in [3.63, 3.8) is 0 Å². The summed E-state index contributed by atoms with van der Waals surface area (Å²) in [5.41, 5.74) is 1.60. The molecule has 0 saturated heterocycles. The van der Waals surface area contributed by atoms with Gasteiger partial charge in [-0.05, 0) is 25.1 Å². The fourth-order valence-electron chi connectivity index (χ4n) is 1.54. The van der Waals surface area contributed by atoms with Gasteiger partial charge in [0.15, 0.2) is 0 Å². The fraction of sp³-hybridized carbons (Fsp3) is 0.308. The summed E-state index contributed by atoms with van der Waals surface area (Å²) in [5, 5.41) is 22.3. The molecular weight excluding hydrogens is 244 g/mol. The molecule has 0 amide bonds. The SMILES string of the molecule is CCCNCc1nnc(-c2cccc(C#N)c2)s1. The molecule has 1 N–H and O–H groups in total. The van der Waals surface area contributed by atoms with E-state index in [-0.39, 0.29) is 0 Å². The normalized spacial score (nSPS) is 10.2. The number of nitrogens with one attached hydrogen (secondary N) is 1. The lowest BCUT2D eigenvalue weighted by Crippen LogP contribution is -2.13. The van der Waals surface area contributed by atoms with Crippen molar-refractivity contribution < 1.29 is 0 Å². The van der Waals surface area contributed by atoms with E-state index in [1.165, 1.54) is 0 Å². The standard InChI is InChI=1S/C13H14N4S/c1-2-6-15-9-12-16-17-13(18-12)11-5-3-4-10(7-11)8-14/h3-5,7,15H,2,6,9H2,1H3. The molecule has 0 aliphatic carbocycles. The number of hydrogen-bond donors (Lipinski definition) is 1. The zero-order valence-electron chi connectivity index (χ0n) is 10.2. The second kappa shape index (κ2) is 6.24. The molecule has 92 valence electrons. The van der Waals surface area contributed by atoms with Crippen molar-refractivity contribution in [2.75, 3.05) is 6.54 Å². The third-order valence-electron chi connectivity index (χ3n) is 2.41. The Morgan fingerprint density at radius 3 is 3.06 bits per heavy atom.